The minimum Gasteiger partial charge on any atom is -0.489 e. The van der Waals surface area contributed by atoms with Crippen molar-refractivity contribution in [2.75, 3.05) is 33.3 Å². The van der Waals surface area contributed by atoms with E-state index in [1.165, 1.54) is 0 Å². The van der Waals surface area contributed by atoms with E-state index in [1.54, 1.807) is 6.20 Å². The number of nitrogens with zero attached hydrogens (tertiary/aromatic N) is 2. The lowest BCUT2D eigenvalue weighted by atomic mass is 10.0. The first-order chi connectivity index (χ1) is 10.1. The van der Waals surface area contributed by atoms with Crippen LogP contribution >= 0.6 is 0 Å². The Labute approximate surface area is 127 Å². The second-order valence-electron chi connectivity index (χ2n) is 5.83. The minimum atomic E-state index is 0.139. The molecule has 0 radical (unpaired) electrons. The maximum Gasteiger partial charge on any atom is 0.138 e. The molecule has 0 bridgehead atoms. The van der Waals surface area contributed by atoms with Gasteiger partial charge in [0.05, 0.1) is 31.1 Å². The van der Waals surface area contributed by atoms with E-state index in [9.17, 15) is 0 Å². The summed E-state index contributed by atoms with van der Waals surface area (Å²) in [4.78, 5) is 6.63. The zero-order valence-electron chi connectivity index (χ0n) is 13.5. The lowest BCUT2D eigenvalue weighted by Gasteiger charge is -2.35. The monoisotopic (exact) mass is 293 g/mol. The van der Waals surface area contributed by atoms with E-state index in [0.29, 0.717) is 0 Å². The third-order valence-electron chi connectivity index (χ3n) is 3.56. The van der Waals surface area contributed by atoms with Crippen molar-refractivity contribution in [1.29, 1.82) is 0 Å². The standard InChI is InChI=1S/C16H27N3O2/c1-5-18-16(15-11-19(4)6-7-20-15)13-8-14(10-17-9-13)21-12(2)3/h8-10,12,15-16,18H,5-7,11H2,1-4H3. The molecule has 1 aliphatic rings. The van der Waals surface area contributed by atoms with Gasteiger partial charge in [-0.25, -0.2) is 0 Å². The molecule has 5 nitrogen and oxygen atoms in total. The molecule has 21 heavy (non-hydrogen) atoms. The van der Waals surface area contributed by atoms with Crippen LogP contribution in [0.5, 0.6) is 5.75 Å². The van der Waals surface area contributed by atoms with Gasteiger partial charge in [-0.3, -0.25) is 4.98 Å². The van der Waals surface area contributed by atoms with Gasteiger partial charge < -0.3 is 19.7 Å². The van der Waals surface area contributed by atoms with Gasteiger partial charge in [0.15, 0.2) is 0 Å². The molecular weight excluding hydrogens is 266 g/mol. The molecule has 1 N–H and O–H groups in total. The van der Waals surface area contributed by atoms with Crippen LogP contribution in [0, 0.1) is 0 Å². The molecule has 1 aromatic heterocycles. The maximum absolute atomic E-state index is 5.97. The van der Waals surface area contributed by atoms with Gasteiger partial charge in [-0.15, -0.1) is 0 Å². The molecule has 1 fully saturated rings. The van der Waals surface area contributed by atoms with Crippen LogP contribution in [0.3, 0.4) is 0 Å². The zero-order chi connectivity index (χ0) is 15.2. The lowest BCUT2D eigenvalue weighted by molar-refractivity contribution is -0.0391. The Kier molecular flexibility index (Phi) is 5.96. The fraction of sp³-hybridized carbons (Fsp3) is 0.688. The van der Waals surface area contributed by atoms with Gasteiger partial charge in [0.2, 0.25) is 0 Å². The molecule has 2 heterocycles. The quantitative estimate of drug-likeness (QED) is 0.867. The number of hydrogen-bond acceptors (Lipinski definition) is 5. The van der Waals surface area contributed by atoms with Crippen LogP contribution in [0.15, 0.2) is 18.5 Å². The first-order valence-corrected chi connectivity index (χ1v) is 7.75. The van der Waals surface area contributed by atoms with Crippen LogP contribution in [0.1, 0.15) is 32.4 Å². The smallest absolute Gasteiger partial charge is 0.138 e. The molecule has 1 aromatic rings. The molecular formula is C16H27N3O2. The van der Waals surface area contributed by atoms with Crippen molar-refractivity contribution >= 4 is 0 Å². The SMILES string of the molecule is CCNC(c1cncc(OC(C)C)c1)C1CN(C)CCO1. The Hall–Kier alpha value is -1.17. The normalized spacial score (nSPS) is 21.5. The number of likely N-dealkylation sites (N-methyl/N-ethyl adjacent to an activating group) is 2. The molecule has 0 saturated carbocycles. The molecule has 0 aromatic carbocycles. The van der Waals surface area contributed by atoms with E-state index in [1.807, 2.05) is 20.0 Å². The number of aromatic nitrogens is 1. The molecule has 118 valence electrons. The zero-order valence-corrected chi connectivity index (χ0v) is 13.5. The van der Waals surface area contributed by atoms with E-state index in [2.05, 4.69) is 35.2 Å². The lowest BCUT2D eigenvalue weighted by Crippen LogP contribution is -2.46. The summed E-state index contributed by atoms with van der Waals surface area (Å²) in [7, 11) is 2.13. The van der Waals surface area contributed by atoms with Gasteiger partial charge in [0.25, 0.3) is 0 Å². The van der Waals surface area contributed by atoms with Crippen LogP contribution in [0.2, 0.25) is 0 Å². The Balaban J connectivity index is 2.16. The molecule has 0 aliphatic carbocycles. The number of nitrogens with one attached hydrogen (secondary N) is 1. The van der Waals surface area contributed by atoms with E-state index in [-0.39, 0.29) is 18.2 Å². The van der Waals surface area contributed by atoms with E-state index in [0.717, 1.165) is 37.6 Å². The second kappa shape index (κ2) is 7.73. The predicted octanol–water partition coefficient (Wildman–Crippen LogP) is 1.85. The van der Waals surface area contributed by atoms with Crippen LogP contribution in [-0.4, -0.2) is 55.4 Å². The van der Waals surface area contributed by atoms with Gasteiger partial charge in [-0.05, 0) is 39.1 Å². The Morgan fingerprint density at radius 3 is 2.95 bits per heavy atom. The van der Waals surface area contributed by atoms with Crippen LogP contribution in [-0.2, 0) is 4.74 Å². The van der Waals surface area contributed by atoms with Crippen LogP contribution < -0.4 is 10.1 Å². The molecule has 2 unspecified atom stereocenters. The fourth-order valence-corrected chi connectivity index (χ4v) is 2.64. The van der Waals surface area contributed by atoms with Crippen LogP contribution in [0.4, 0.5) is 0 Å². The number of hydrogen-bond donors (Lipinski definition) is 1. The maximum atomic E-state index is 5.97. The average Bonchev–Trinajstić information content (AvgIpc) is 2.44. The molecule has 2 atom stereocenters. The summed E-state index contributed by atoms with van der Waals surface area (Å²) in [6.45, 7) is 9.74. The van der Waals surface area contributed by atoms with E-state index >= 15 is 0 Å². The third-order valence-corrected chi connectivity index (χ3v) is 3.56. The Morgan fingerprint density at radius 2 is 2.29 bits per heavy atom. The molecule has 5 heteroatoms. The number of morpholine rings is 1. The molecule has 1 saturated heterocycles. The third kappa shape index (κ3) is 4.66. The highest BCUT2D eigenvalue weighted by molar-refractivity contribution is 5.27. The molecule has 0 spiro atoms. The first kappa shape index (κ1) is 16.2. The molecule has 0 amide bonds. The van der Waals surface area contributed by atoms with Crippen LogP contribution in [0.25, 0.3) is 0 Å². The van der Waals surface area contributed by atoms with Gasteiger partial charge in [0.1, 0.15) is 5.75 Å². The topological polar surface area (TPSA) is 46.6 Å². The van der Waals surface area contributed by atoms with Gasteiger partial charge >= 0.3 is 0 Å². The number of ether oxygens (including phenoxy) is 2. The summed E-state index contributed by atoms with van der Waals surface area (Å²) in [6.07, 6.45) is 3.95. The van der Waals surface area contributed by atoms with Gasteiger partial charge in [-0.2, -0.15) is 0 Å². The highest BCUT2D eigenvalue weighted by atomic mass is 16.5. The largest absolute Gasteiger partial charge is 0.489 e. The van der Waals surface area contributed by atoms with Gasteiger partial charge in [0, 0.05) is 19.3 Å². The van der Waals surface area contributed by atoms with Crippen molar-refractivity contribution in [3.05, 3.63) is 24.0 Å². The summed E-state index contributed by atoms with van der Waals surface area (Å²) in [5, 5.41) is 3.52. The van der Waals surface area contributed by atoms with Crippen molar-refractivity contribution in [3.63, 3.8) is 0 Å². The number of rotatable bonds is 6. The molecule has 1 aliphatic heterocycles. The first-order valence-electron chi connectivity index (χ1n) is 7.75. The highest BCUT2D eigenvalue weighted by Crippen LogP contribution is 2.24. The summed E-state index contributed by atoms with van der Waals surface area (Å²) in [5.74, 6) is 0.814. The summed E-state index contributed by atoms with van der Waals surface area (Å²) < 4.78 is 11.7. The summed E-state index contributed by atoms with van der Waals surface area (Å²) >= 11 is 0. The van der Waals surface area contributed by atoms with E-state index < -0.39 is 0 Å². The average molecular weight is 293 g/mol. The summed E-state index contributed by atoms with van der Waals surface area (Å²) in [5.41, 5.74) is 1.12. The van der Waals surface area contributed by atoms with E-state index in [4.69, 9.17) is 9.47 Å². The van der Waals surface area contributed by atoms with Crippen molar-refractivity contribution < 1.29 is 9.47 Å². The number of pyridine rings is 1. The minimum absolute atomic E-state index is 0.139. The van der Waals surface area contributed by atoms with Crippen molar-refractivity contribution in [2.45, 2.75) is 39.0 Å². The fourth-order valence-electron chi connectivity index (χ4n) is 2.64. The van der Waals surface area contributed by atoms with Crippen molar-refractivity contribution in [2.24, 2.45) is 0 Å². The van der Waals surface area contributed by atoms with Crippen molar-refractivity contribution in [3.8, 4) is 5.75 Å². The molecule has 2 rings (SSSR count). The summed E-state index contributed by atoms with van der Waals surface area (Å²) in [6, 6.07) is 2.21. The second-order valence-corrected chi connectivity index (χ2v) is 5.83. The Bertz CT molecular complexity index is 439. The van der Waals surface area contributed by atoms with Gasteiger partial charge in [-0.1, -0.05) is 6.92 Å². The Morgan fingerprint density at radius 1 is 1.48 bits per heavy atom. The predicted molar refractivity (Wildman–Crippen MR) is 83.7 cm³/mol. The van der Waals surface area contributed by atoms with Crippen molar-refractivity contribution in [1.82, 2.24) is 15.2 Å². The highest BCUT2D eigenvalue weighted by Gasteiger charge is 2.28.